The summed E-state index contributed by atoms with van der Waals surface area (Å²) in [5.41, 5.74) is 1.15. The SMILES string of the molecule is CCC(C)NC(C)c1ccn[nH]1. The molecular formula is C9H17N3. The average molecular weight is 167 g/mol. The minimum atomic E-state index is 0.363. The van der Waals surface area contributed by atoms with Gasteiger partial charge in [-0.05, 0) is 26.3 Å². The van der Waals surface area contributed by atoms with Crippen LogP contribution in [0, 0.1) is 0 Å². The Morgan fingerprint density at radius 2 is 2.33 bits per heavy atom. The Kier molecular flexibility index (Phi) is 3.29. The molecule has 1 aromatic heterocycles. The standard InChI is InChI=1S/C9H17N3/c1-4-7(2)11-8(3)9-5-6-10-12-9/h5-8,11H,4H2,1-3H3,(H,10,12). The van der Waals surface area contributed by atoms with E-state index in [1.165, 1.54) is 0 Å². The molecule has 12 heavy (non-hydrogen) atoms. The van der Waals surface area contributed by atoms with Crippen molar-refractivity contribution in [2.45, 2.75) is 39.3 Å². The van der Waals surface area contributed by atoms with Crippen LogP contribution in [0.5, 0.6) is 0 Å². The minimum Gasteiger partial charge on any atom is -0.306 e. The molecule has 2 atom stereocenters. The van der Waals surface area contributed by atoms with Gasteiger partial charge in [0.15, 0.2) is 0 Å². The van der Waals surface area contributed by atoms with Crippen molar-refractivity contribution in [3.05, 3.63) is 18.0 Å². The first-order chi connectivity index (χ1) is 5.74. The molecule has 68 valence electrons. The van der Waals surface area contributed by atoms with Crippen molar-refractivity contribution < 1.29 is 0 Å². The van der Waals surface area contributed by atoms with E-state index in [1.807, 2.05) is 6.07 Å². The van der Waals surface area contributed by atoms with E-state index in [-0.39, 0.29) is 0 Å². The zero-order valence-corrected chi connectivity index (χ0v) is 7.96. The second-order valence-corrected chi connectivity index (χ2v) is 3.21. The number of hydrogen-bond acceptors (Lipinski definition) is 2. The van der Waals surface area contributed by atoms with Gasteiger partial charge >= 0.3 is 0 Å². The maximum Gasteiger partial charge on any atom is 0.0518 e. The van der Waals surface area contributed by atoms with Crippen molar-refractivity contribution in [3.63, 3.8) is 0 Å². The average Bonchev–Trinajstić information content (AvgIpc) is 2.56. The summed E-state index contributed by atoms with van der Waals surface area (Å²) in [5, 5.41) is 10.3. The lowest BCUT2D eigenvalue weighted by molar-refractivity contribution is 0.462. The Balaban J connectivity index is 2.44. The molecular weight excluding hydrogens is 150 g/mol. The zero-order chi connectivity index (χ0) is 8.97. The maximum atomic E-state index is 3.91. The summed E-state index contributed by atoms with van der Waals surface area (Å²) < 4.78 is 0. The Bertz CT molecular complexity index is 206. The van der Waals surface area contributed by atoms with Crippen molar-refractivity contribution in [2.75, 3.05) is 0 Å². The fourth-order valence-corrected chi connectivity index (χ4v) is 1.14. The van der Waals surface area contributed by atoms with E-state index in [0.29, 0.717) is 12.1 Å². The Morgan fingerprint density at radius 1 is 1.58 bits per heavy atom. The van der Waals surface area contributed by atoms with Gasteiger partial charge in [-0.25, -0.2) is 0 Å². The third-order valence-electron chi connectivity index (χ3n) is 2.14. The first-order valence-corrected chi connectivity index (χ1v) is 4.49. The van der Waals surface area contributed by atoms with E-state index in [9.17, 15) is 0 Å². The molecule has 0 aromatic carbocycles. The molecule has 0 saturated carbocycles. The van der Waals surface area contributed by atoms with Gasteiger partial charge in [0, 0.05) is 18.3 Å². The fourth-order valence-electron chi connectivity index (χ4n) is 1.14. The number of aromatic nitrogens is 2. The van der Waals surface area contributed by atoms with Gasteiger partial charge in [0.2, 0.25) is 0 Å². The molecule has 0 saturated heterocycles. The lowest BCUT2D eigenvalue weighted by atomic mass is 10.2. The topological polar surface area (TPSA) is 40.7 Å². The maximum absolute atomic E-state index is 3.91. The molecule has 1 rings (SSSR count). The molecule has 3 nitrogen and oxygen atoms in total. The van der Waals surface area contributed by atoms with Crippen LogP contribution in [0.2, 0.25) is 0 Å². The number of hydrogen-bond donors (Lipinski definition) is 2. The summed E-state index contributed by atoms with van der Waals surface area (Å²) in [5.74, 6) is 0. The van der Waals surface area contributed by atoms with E-state index < -0.39 is 0 Å². The van der Waals surface area contributed by atoms with Gasteiger partial charge in [0.1, 0.15) is 0 Å². The molecule has 0 aliphatic carbocycles. The molecule has 2 unspecified atom stereocenters. The smallest absolute Gasteiger partial charge is 0.0518 e. The monoisotopic (exact) mass is 167 g/mol. The summed E-state index contributed by atoms with van der Waals surface area (Å²) in [7, 11) is 0. The van der Waals surface area contributed by atoms with Crippen LogP contribution in [0.25, 0.3) is 0 Å². The van der Waals surface area contributed by atoms with E-state index in [4.69, 9.17) is 0 Å². The van der Waals surface area contributed by atoms with Crippen LogP contribution in [-0.4, -0.2) is 16.2 Å². The highest BCUT2D eigenvalue weighted by molar-refractivity contribution is 5.03. The lowest BCUT2D eigenvalue weighted by Crippen LogP contribution is -2.28. The highest BCUT2D eigenvalue weighted by Crippen LogP contribution is 2.08. The molecule has 3 heteroatoms. The Hall–Kier alpha value is -0.830. The van der Waals surface area contributed by atoms with E-state index >= 15 is 0 Å². The normalized spacial score (nSPS) is 15.9. The minimum absolute atomic E-state index is 0.363. The quantitative estimate of drug-likeness (QED) is 0.718. The van der Waals surface area contributed by atoms with Crippen LogP contribution in [-0.2, 0) is 0 Å². The summed E-state index contributed by atoms with van der Waals surface area (Å²) in [6, 6.07) is 2.92. The Labute approximate surface area is 73.6 Å². The molecule has 0 aliphatic rings. The Morgan fingerprint density at radius 3 is 2.83 bits per heavy atom. The van der Waals surface area contributed by atoms with Gasteiger partial charge < -0.3 is 5.32 Å². The van der Waals surface area contributed by atoms with Gasteiger partial charge in [-0.15, -0.1) is 0 Å². The second kappa shape index (κ2) is 4.26. The predicted molar refractivity (Wildman–Crippen MR) is 49.9 cm³/mol. The van der Waals surface area contributed by atoms with Gasteiger partial charge in [0.05, 0.1) is 5.69 Å². The number of aromatic amines is 1. The fraction of sp³-hybridized carbons (Fsp3) is 0.667. The summed E-state index contributed by atoms with van der Waals surface area (Å²) in [6.45, 7) is 6.50. The van der Waals surface area contributed by atoms with Crippen molar-refractivity contribution in [2.24, 2.45) is 0 Å². The van der Waals surface area contributed by atoms with Gasteiger partial charge in [0.25, 0.3) is 0 Å². The molecule has 0 bridgehead atoms. The molecule has 0 fully saturated rings. The molecule has 0 aliphatic heterocycles. The lowest BCUT2D eigenvalue weighted by Gasteiger charge is -2.17. The van der Waals surface area contributed by atoms with Crippen molar-refractivity contribution in [1.82, 2.24) is 15.5 Å². The summed E-state index contributed by atoms with van der Waals surface area (Å²) in [6.07, 6.45) is 2.93. The number of nitrogens with one attached hydrogen (secondary N) is 2. The van der Waals surface area contributed by atoms with E-state index in [1.54, 1.807) is 6.20 Å². The van der Waals surface area contributed by atoms with Crippen LogP contribution >= 0.6 is 0 Å². The van der Waals surface area contributed by atoms with E-state index in [0.717, 1.165) is 12.1 Å². The van der Waals surface area contributed by atoms with E-state index in [2.05, 4.69) is 36.3 Å². The number of rotatable bonds is 4. The molecule has 1 aromatic rings. The van der Waals surface area contributed by atoms with Crippen LogP contribution in [0.4, 0.5) is 0 Å². The van der Waals surface area contributed by atoms with Crippen LogP contribution in [0.1, 0.15) is 38.9 Å². The number of nitrogens with zero attached hydrogens (tertiary/aromatic N) is 1. The van der Waals surface area contributed by atoms with Crippen LogP contribution in [0.3, 0.4) is 0 Å². The summed E-state index contributed by atoms with van der Waals surface area (Å²) in [4.78, 5) is 0. The molecule has 2 N–H and O–H groups in total. The van der Waals surface area contributed by atoms with Crippen molar-refractivity contribution in [1.29, 1.82) is 0 Å². The molecule has 1 heterocycles. The van der Waals surface area contributed by atoms with Gasteiger partial charge in [-0.2, -0.15) is 5.10 Å². The molecule has 0 amide bonds. The first kappa shape index (κ1) is 9.26. The van der Waals surface area contributed by atoms with Crippen LogP contribution < -0.4 is 5.32 Å². The molecule has 0 radical (unpaired) electrons. The highest BCUT2D eigenvalue weighted by Gasteiger charge is 2.07. The van der Waals surface area contributed by atoms with Crippen molar-refractivity contribution >= 4 is 0 Å². The van der Waals surface area contributed by atoms with Gasteiger partial charge in [-0.1, -0.05) is 6.92 Å². The largest absolute Gasteiger partial charge is 0.306 e. The predicted octanol–water partition coefficient (Wildman–Crippen LogP) is 1.86. The third kappa shape index (κ3) is 2.34. The first-order valence-electron chi connectivity index (χ1n) is 4.49. The van der Waals surface area contributed by atoms with Crippen LogP contribution in [0.15, 0.2) is 12.3 Å². The van der Waals surface area contributed by atoms with Crippen molar-refractivity contribution in [3.8, 4) is 0 Å². The zero-order valence-electron chi connectivity index (χ0n) is 7.96. The summed E-state index contributed by atoms with van der Waals surface area (Å²) >= 11 is 0. The number of H-pyrrole nitrogens is 1. The highest BCUT2D eigenvalue weighted by atomic mass is 15.1. The third-order valence-corrected chi connectivity index (χ3v) is 2.14. The molecule has 0 spiro atoms. The second-order valence-electron chi connectivity index (χ2n) is 3.21. The van der Waals surface area contributed by atoms with Gasteiger partial charge in [-0.3, -0.25) is 5.10 Å².